The Hall–Kier alpha value is -3.92. The molecule has 0 aromatic heterocycles. The first kappa shape index (κ1) is 27.6. The molecule has 2 unspecified atom stereocenters. The van der Waals surface area contributed by atoms with Gasteiger partial charge in [0, 0.05) is 33.6 Å². The van der Waals surface area contributed by atoms with Crippen molar-refractivity contribution in [1.29, 1.82) is 0 Å². The van der Waals surface area contributed by atoms with Gasteiger partial charge in [-0.25, -0.2) is 0 Å². The van der Waals surface area contributed by atoms with Gasteiger partial charge in [0.2, 0.25) is 0 Å². The van der Waals surface area contributed by atoms with E-state index in [0.717, 1.165) is 35.6 Å². The lowest BCUT2D eigenvalue weighted by Gasteiger charge is -2.28. The summed E-state index contributed by atoms with van der Waals surface area (Å²) in [6, 6.07) is 29.2. The smallest absolute Gasteiger partial charge is 0.0317 e. The average Bonchev–Trinajstić information content (AvgIpc) is 3.22. The second kappa shape index (κ2) is 9.33. The van der Waals surface area contributed by atoms with E-state index in [1.165, 1.54) is 33.4 Å². The summed E-state index contributed by atoms with van der Waals surface area (Å²) in [5, 5.41) is 0. The number of anilines is 4. The van der Waals surface area contributed by atoms with Crippen LogP contribution in [-0.4, -0.2) is 0 Å². The molecule has 4 aromatic rings. The van der Waals surface area contributed by atoms with E-state index in [0.29, 0.717) is 0 Å². The maximum Gasteiger partial charge on any atom is 0.0317 e. The lowest BCUT2D eigenvalue weighted by molar-refractivity contribution is 0.425. The highest BCUT2D eigenvalue weighted by Gasteiger charge is 2.46. The highest BCUT2D eigenvalue weighted by atomic mass is 14.6. The van der Waals surface area contributed by atoms with Crippen molar-refractivity contribution in [2.45, 2.75) is 76.0 Å². The summed E-state index contributed by atoms with van der Waals surface area (Å²) in [6.07, 6.45) is 2.17. The summed E-state index contributed by atoms with van der Waals surface area (Å²) in [4.78, 5) is 0. The van der Waals surface area contributed by atoms with E-state index in [1.54, 1.807) is 0 Å². The first-order valence-electron chi connectivity index (χ1n) is 14.2. The van der Waals surface area contributed by atoms with Crippen molar-refractivity contribution in [3.8, 4) is 0 Å². The lowest BCUT2D eigenvalue weighted by Crippen LogP contribution is -2.23. The van der Waals surface area contributed by atoms with E-state index in [2.05, 4.69) is 90.1 Å². The number of rotatable bonds is 2. The first-order valence-corrected chi connectivity index (χ1v) is 14.2. The van der Waals surface area contributed by atoms with Crippen LogP contribution in [0.1, 0.15) is 87.8 Å². The predicted octanol–water partition coefficient (Wildman–Crippen LogP) is 7.68. The molecule has 4 nitrogen and oxygen atoms in total. The summed E-state index contributed by atoms with van der Waals surface area (Å²) in [5.74, 6) is 0. The molecule has 0 radical (unpaired) electrons. The van der Waals surface area contributed by atoms with Crippen LogP contribution in [0.25, 0.3) is 0 Å². The molecule has 208 valence electrons. The maximum atomic E-state index is 6.02. The normalized spacial score (nSPS) is 23.6. The maximum absolute atomic E-state index is 6.02. The molecule has 0 spiro atoms. The van der Waals surface area contributed by atoms with Crippen LogP contribution in [0.3, 0.4) is 0 Å². The van der Waals surface area contributed by atoms with Gasteiger partial charge in [-0.1, -0.05) is 77.9 Å². The van der Waals surface area contributed by atoms with Gasteiger partial charge >= 0.3 is 0 Å². The molecule has 40 heavy (non-hydrogen) atoms. The molecule has 2 aliphatic rings. The van der Waals surface area contributed by atoms with E-state index >= 15 is 0 Å². The van der Waals surface area contributed by atoms with Crippen molar-refractivity contribution in [3.63, 3.8) is 0 Å². The van der Waals surface area contributed by atoms with Crippen LogP contribution in [0.15, 0.2) is 84.9 Å². The zero-order valence-corrected chi connectivity index (χ0v) is 24.8. The summed E-state index contributed by atoms with van der Waals surface area (Å²) < 4.78 is 0. The number of nitrogens with two attached hydrogens (primary N) is 4. The molecule has 0 bridgehead atoms. The van der Waals surface area contributed by atoms with Crippen LogP contribution in [0.2, 0.25) is 0 Å². The quantitative estimate of drug-likeness (QED) is 0.199. The minimum atomic E-state index is 0.00190. The highest BCUT2D eigenvalue weighted by molar-refractivity contribution is 5.59. The van der Waals surface area contributed by atoms with Crippen LogP contribution in [-0.2, 0) is 21.7 Å². The topological polar surface area (TPSA) is 104 Å². The highest BCUT2D eigenvalue weighted by Crippen LogP contribution is 2.54. The fraction of sp³-hybridized carbons (Fsp3) is 0.333. The van der Waals surface area contributed by atoms with Gasteiger partial charge in [0.05, 0.1) is 0 Å². The van der Waals surface area contributed by atoms with E-state index in [9.17, 15) is 0 Å². The van der Waals surface area contributed by atoms with Gasteiger partial charge in [0.25, 0.3) is 0 Å². The third-order valence-corrected chi connectivity index (χ3v) is 9.42. The van der Waals surface area contributed by atoms with E-state index in [-0.39, 0.29) is 21.7 Å². The molecular weight excluding hydrogens is 488 g/mol. The second-order valence-corrected chi connectivity index (χ2v) is 13.6. The number of nitrogen functional groups attached to an aromatic ring is 4. The molecule has 2 atom stereocenters. The predicted molar refractivity (Wildman–Crippen MR) is 172 cm³/mol. The van der Waals surface area contributed by atoms with Crippen molar-refractivity contribution in [1.82, 2.24) is 0 Å². The van der Waals surface area contributed by atoms with Crippen molar-refractivity contribution in [3.05, 3.63) is 118 Å². The molecular formula is C36H44N4. The van der Waals surface area contributed by atoms with Crippen molar-refractivity contribution in [2.75, 3.05) is 22.9 Å². The largest absolute Gasteiger partial charge is 0.399 e. The van der Waals surface area contributed by atoms with Crippen LogP contribution < -0.4 is 22.9 Å². The van der Waals surface area contributed by atoms with Gasteiger partial charge in [0.1, 0.15) is 0 Å². The third kappa shape index (κ3) is 4.60. The van der Waals surface area contributed by atoms with Gasteiger partial charge in [-0.3, -0.25) is 0 Å². The number of hydrogen-bond donors (Lipinski definition) is 4. The second-order valence-electron chi connectivity index (χ2n) is 13.6. The molecule has 0 saturated heterocycles. The average molecular weight is 533 g/mol. The summed E-state index contributed by atoms with van der Waals surface area (Å²) in [5.41, 5.74) is 35.4. The lowest BCUT2D eigenvalue weighted by atomic mass is 9.75. The molecule has 6 rings (SSSR count). The molecule has 4 heteroatoms. The fourth-order valence-corrected chi connectivity index (χ4v) is 7.58. The minimum Gasteiger partial charge on any atom is -0.399 e. The Bertz CT molecular complexity index is 1550. The Kier molecular flexibility index (Phi) is 6.45. The van der Waals surface area contributed by atoms with E-state index in [1.807, 2.05) is 36.4 Å². The van der Waals surface area contributed by atoms with Crippen LogP contribution >= 0.6 is 0 Å². The van der Waals surface area contributed by atoms with Crippen LogP contribution in [0.5, 0.6) is 0 Å². The monoisotopic (exact) mass is 532 g/mol. The van der Waals surface area contributed by atoms with Gasteiger partial charge < -0.3 is 22.9 Å². The Labute approximate surface area is 239 Å². The summed E-state index contributed by atoms with van der Waals surface area (Å²) in [7, 11) is 0. The molecule has 0 fully saturated rings. The Morgan fingerprint density at radius 3 is 1.23 bits per heavy atom. The zero-order valence-electron chi connectivity index (χ0n) is 24.8. The first-order chi connectivity index (χ1) is 18.7. The number of hydrogen-bond acceptors (Lipinski definition) is 4. The summed E-state index contributed by atoms with van der Waals surface area (Å²) in [6.45, 7) is 13.9. The Morgan fingerprint density at radius 1 is 0.400 bits per heavy atom. The zero-order chi connectivity index (χ0) is 29.1. The fourth-order valence-electron chi connectivity index (χ4n) is 7.58. The van der Waals surface area contributed by atoms with E-state index in [4.69, 9.17) is 22.9 Å². The van der Waals surface area contributed by atoms with E-state index < -0.39 is 0 Å². The molecule has 0 amide bonds. The standard InChI is InChI=1S/2C18H22N2/c1-17(2)11-18(3,12-4-6-13(19)7-5-12)15-9-8-14(20)10-16(15)17;1-17(2)11-18(3,12-4-6-13(19)7-5-12)16-10-14(20)8-9-15(16)17/h2*4-10H,11,19-20H2,1-3H3. The van der Waals surface area contributed by atoms with Gasteiger partial charge in [0.15, 0.2) is 0 Å². The Balaban J connectivity index is 0.000000161. The molecule has 2 aliphatic carbocycles. The van der Waals surface area contributed by atoms with Gasteiger partial charge in [-0.05, 0) is 106 Å². The van der Waals surface area contributed by atoms with Crippen molar-refractivity contribution >= 4 is 22.7 Å². The Morgan fingerprint density at radius 2 is 0.750 bits per heavy atom. The molecule has 0 heterocycles. The molecule has 8 N–H and O–H groups in total. The molecule has 0 aliphatic heterocycles. The summed E-state index contributed by atoms with van der Waals surface area (Å²) >= 11 is 0. The molecule has 4 aromatic carbocycles. The minimum absolute atomic E-state index is 0.00190. The van der Waals surface area contributed by atoms with Crippen molar-refractivity contribution < 1.29 is 0 Å². The van der Waals surface area contributed by atoms with Crippen LogP contribution in [0.4, 0.5) is 22.7 Å². The van der Waals surface area contributed by atoms with Crippen molar-refractivity contribution in [2.24, 2.45) is 0 Å². The third-order valence-electron chi connectivity index (χ3n) is 9.42. The number of fused-ring (bicyclic) bond motifs is 2. The van der Waals surface area contributed by atoms with Gasteiger partial charge in [-0.15, -0.1) is 0 Å². The van der Waals surface area contributed by atoms with Gasteiger partial charge in [-0.2, -0.15) is 0 Å². The number of benzene rings is 4. The van der Waals surface area contributed by atoms with Crippen LogP contribution in [0, 0.1) is 0 Å². The SMILES string of the molecule is CC1(C)CC(C)(c2ccc(N)cc2)c2cc(N)ccc21.CC1(C)CC(C)(c2ccc(N)cc2)c2ccc(N)cc21. The molecule has 0 saturated carbocycles.